The van der Waals surface area contributed by atoms with Crippen LogP contribution in [0.25, 0.3) is 0 Å². The Balaban J connectivity index is 1.86. The van der Waals surface area contributed by atoms with Gasteiger partial charge in [-0.05, 0) is 81.5 Å². The first-order valence-corrected chi connectivity index (χ1v) is 10.9. The van der Waals surface area contributed by atoms with Gasteiger partial charge in [0.2, 0.25) is 0 Å². The highest BCUT2D eigenvalue weighted by Crippen LogP contribution is 2.42. The molecule has 0 heterocycles. The minimum atomic E-state index is 0.383. The average molecular weight is 373 g/mol. The summed E-state index contributed by atoms with van der Waals surface area (Å²) >= 11 is 0. The molecule has 0 aromatic heterocycles. The smallest absolute Gasteiger partial charge is 0.0648 e. The molecule has 6 atom stereocenters. The summed E-state index contributed by atoms with van der Waals surface area (Å²) in [5.41, 5.74) is 0. The summed E-state index contributed by atoms with van der Waals surface area (Å²) in [6.45, 7) is 16.8. The zero-order valence-electron chi connectivity index (χ0n) is 17.2. The Hall–Kier alpha value is -1.12. The molecule has 0 saturated heterocycles. The summed E-state index contributed by atoms with van der Waals surface area (Å²) in [5.74, 6) is 2.91. The summed E-state index contributed by atoms with van der Waals surface area (Å²) in [7, 11) is 0. The predicted molar refractivity (Wildman–Crippen MR) is 116 cm³/mol. The van der Waals surface area contributed by atoms with Crippen molar-refractivity contribution in [3.05, 3.63) is 50.6 Å². The first-order valence-electron chi connectivity index (χ1n) is 10.9. The predicted octanol–water partition coefficient (Wildman–Crippen LogP) is 6.50. The van der Waals surface area contributed by atoms with Gasteiger partial charge in [-0.1, -0.05) is 24.3 Å². The second kappa shape index (κ2) is 12.4. The van der Waals surface area contributed by atoms with Crippen LogP contribution in [-0.4, -0.2) is 25.4 Å². The Labute approximate surface area is 167 Å². The van der Waals surface area contributed by atoms with Gasteiger partial charge in [0.05, 0.1) is 25.4 Å². The Morgan fingerprint density at radius 1 is 0.630 bits per heavy atom. The molecule has 0 bridgehead atoms. The molecular weight excluding hydrogens is 332 g/mol. The quantitative estimate of drug-likeness (QED) is 0.364. The molecule has 0 aliphatic heterocycles. The van der Waals surface area contributed by atoms with Crippen molar-refractivity contribution < 1.29 is 9.47 Å². The summed E-state index contributed by atoms with van der Waals surface area (Å²) < 4.78 is 12.1. The van der Waals surface area contributed by atoms with Crippen molar-refractivity contribution in [1.82, 2.24) is 0 Å². The molecule has 0 spiro atoms. The van der Waals surface area contributed by atoms with Gasteiger partial charge in [-0.3, -0.25) is 0 Å². The largest absolute Gasteiger partial charge is 0.374 e. The van der Waals surface area contributed by atoms with Crippen LogP contribution in [0.4, 0.5) is 0 Å². The Morgan fingerprint density at radius 3 is 1.44 bits per heavy atom. The van der Waals surface area contributed by atoms with Crippen molar-refractivity contribution in [2.75, 3.05) is 13.2 Å². The maximum atomic E-state index is 6.03. The summed E-state index contributed by atoms with van der Waals surface area (Å²) in [6, 6.07) is 0. The monoisotopic (exact) mass is 372 g/mol. The highest BCUT2D eigenvalue weighted by molar-refractivity contribution is 4.90. The third-order valence-electron chi connectivity index (χ3n) is 6.50. The van der Waals surface area contributed by atoms with Crippen LogP contribution in [0.3, 0.4) is 0 Å². The highest BCUT2D eigenvalue weighted by atomic mass is 16.5. The van der Waals surface area contributed by atoms with Crippen molar-refractivity contribution in [3.63, 3.8) is 0 Å². The van der Waals surface area contributed by atoms with E-state index in [-0.39, 0.29) is 0 Å². The number of allylic oxidation sites excluding steroid dienone is 2. The van der Waals surface area contributed by atoms with Gasteiger partial charge in [-0.25, -0.2) is 0 Å². The van der Waals surface area contributed by atoms with E-state index in [9.17, 15) is 0 Å². The van der Waals surface area contributed by atoms with Crippen LogP contribution >= 0.6 is 0 Å². The number of ether oxygens (including phenoxy) is 2. The van der Waals surface area contributed by atoms with E-state index in [1.807, 2.05) is 12.2 Å². The van der Waals surface area contributed by atoms with Gasteiger partial charge in [-0.2, -0.15) is 0 Å². The molecule has 2 aliphatic rings. The first kappa shape index (κ1) is 22.2. The second-order valence-electron chi connectivity index (χ2n) is 8.48. The van der Waals surface area contributed by atoms with Crippen LogP contribution in [0.2, 0.25) is 0 Å². The molecule has 2 saturated carbocycles. The molecule has 0 amide bonds. The zero-order valence-corrected chi connectivity index (χ0v) is 17.2. The van der Waals surface area contributed by atoms with E-state index in [0.717, 1.165) is 24.7 Å². The van der Waals surface area contributed by atoms with Crippen molar-refractivity contribution >= 4 is 0 Å². The fourth-order valence-corrected chi connectivity index (χ4v) is 5.31. The molecule has 2 heteroatoms. The maximum absolute atomic E-state index is 6.03. The molecule has 2 nitrogen and oxygen atoms in total. The summed E-state index contributed by atoms with van der Waals surface area (Å²) in [4.78, 5) is 0. The van der Waals surface area contributed by atoms with Crippen molar-refractivity contribution in [2.45, 2.75) is 70.0 Å². The minimum absolute atomic E-state index is 0.383. The number of hydrogen-bond donors (Lipinski definition) is 0. The van der Waals surface area contributed by atoms with Gasteiger partial charge >= 0.3 is 0 Å². The van der Waals surface area contributed by atoms with E-state index in [0.29, 0.717) is 37.3 Å². The standard InChI is InChI=1S/C25H40O2/c1-5-9-22-18-20(11-13-24(22)26-15-7-3)17-21-12-14-25(27-16-8-4)23(19-21)10-6-2/h5-8,20-25H,1-4,9-19H2. The van der Waals surface area contributed by atoms with Crippen LogP contribution in [-0.2, 0) is 9.47 Å². The molecule has 2 aliphatic carbocycles. The van der Waals surface area contributed by atoms with Gasteiger partial charge in [0.15, 0.2) is 0 Å². The molecule has 2 fully saturated rings. The van der Waals surface area contributed by atoms with Crippen molar-refractivity contribution in [2.24, 2.45) is 23.7 Å². The zero-order chi connectivity index (χ0) is 19.5. The molecule has 0 radical (unpaired) electrons. The van der Waals surface area contributed by atoms with E-state index in [2.05, 4.69) is 38.5 Å². The van der Waals surface area contributed by atoms with E-state index in [4.69, 9.17) is 9.47 Å². The number of hydrogen-bond acceptors (Lipinski definition) is 2. The molecule has 0 N–H and O–H groups in total. The third kappa shape index (κ3) is 7.08. The molecular formula is C25H40O2. The van der Waals surface area contributed by atoms with Crippen LogP contribution in [0.1, 0.15) is 57.8 Å². The van der Waals surface area contributed by atoms with Gasteiger partial charge < -0.3 is 9.47 Å². The van der Waals surface area contributed by atoms with Gasteiger partial charge in [0, 0.05) is 0 Å². The van der Waals surface area contributed by atoms with Gasteiger partial charge in [-0.15, -0.1) is 26.3 Å². The van der Waals surface area contributed by atoms with Crippen LogP contribution < -0.4 is 0 Å². The minimum Gasteiger partial charge on any atom is -0.374 e. The van der Waals surface area contributed by atoms with Crippen molar-refractivity contribution in [1.29, 1.82) is 0 Å². The Bertz CT molecular complexity index is 427. The topological polar surface area (TPSA) is 18.5 Å². The van der Waals surface area contributed by atoms with E-state index < -0.39 is 0 Å². The van der Waals surface area contributed by atoms with Crippen molar-refractivity contribution in [3.8, 4) is 0 Å². The summed E-state index contributed by atoms with van der Waals surface area (Å²) in [6.07, 6.45) is 19.7. The lowest BCUT2D eigenvalue weighted by Crippen LogP contribution is -2.35. The lowest BCUT2D eigenvalue weighted by atomic mass is 9.70. The molecule has 6 unspecified atom stereocenters. The highest BCUT2D eigenvalue weighted by Gasteiger charge is 2.35. The van der Waals surface area contributed by atoms with E-state index in [1.54, 1.807) is 0 Å². The lowest BCUT2D eigenvalue weighted by molar-refractivity contribution is -0.0255. The summed E-state index contributed by atoms with van der Waals surface area (Å²) in [5, 5.41) is 0. The fraction of sp³-hybridized carbons (Fsp3) is 0.680. The Kier molecular flexibility index (Phi) is 10.2. The Morgan fingerprint density at radius 2 is 1.07 bits per heavy atom. The van der Waals surface area contributed by atoms with E-state index in [1.165, 1.54) is 44.9 Å². The molecule has 152 valence electrons. The second-order valence-corrected chi connectivity index (χ2v) is 8.48. The average Bonchev–Trinajstić information content (AvgIpc) is 2.67. The molecule has 2 rings (SSSR count). The fourth-order valence-electron chi connectivity index (χ4n) is 5.31. The molecule has 0 aromatic carbocycles. The normalized spacial score (nSPS) is 33.9. The maximum Gasteiger partial charge on any atom is 0.0648 e. The SMILES string of the molecule is C=CCOC1CCC(CC2CCC(OCC=C)C(CC=C)C2)CC1CC=C. The molecule has 0 aromatic rings. The lowest BCUT2D eigenvalue weighted by Gasteiger charge is -2.40. The van der Waals surface area contributed by atoms with Crippen LogP contribution in [0.5, 0.6) is 0 Å². The van der Waals surface area contributed by atoms with Crippen LogP contribution in [0.15, 0.2) is 50.6 Å². The first-order chi connectivity index (χ1) is 13.2. The van der Waals surface area contributed by atoms with E-state index >= 15 is 0 Å². The number of rotatable bonds is 12. The van der Waals surface area contributed by atoms with Gasteiger partial charge in [0.1, 0.15) is 0 Å². The van der Waals surface area contributed by atoms with Gasteiger partial charge in [0.25, 0.3) is 0 Å². The molecule has 27 heavy (non-hydrogen) atoms. The third-order valence-corrected chi connectivity index (χ3v) is 6.50. The van der Waals surface area contributed by atoms with Crippen LogP contribution in [0, 0.1) is 23.7 Å².